The Labute approximate surface area is 183 Å². The number of alkyl halides is 3. The second kappa shape index (κ2) is 8.96. The number of hydrogen-bond donors (Lipinski definition) is 3. The van der Waals surface area contributed by atoms with Crippen molar-refractivity contribution in [2.24, 2.45) is 5.73 Å². The average molecular weight is 440 g/mol. The van der Waals surface area contributed by atoms with Crippen molar-refractivity contribution in [3.8, 4) is 22.4 Å². The number of halogens is 3. The Hall–Kier alpha value is -3.46. The molecule has 0 saturated carbocycles. The van der Waals surface area contributed by atoms with Gasteiger partial charge in [0.2, 0.25) is 5.95 Å². The third-order valence-corrected chi connectivity index (χ3v) is 5.30. The van der Waals surface area contributed by atoms with E-state index in [4.69, 9.17) is 5.73 Å². The fourth-order valence-electron chi connectivity index (χ4n) is 3.69. The van der Waals surface area contributed by atoms with Gasteiger partial charge in [-0.15, -0.1) is 0 Å². The lowest BCUT2D eigenvalue weighted by atomic mass is 10.0. The number of hydrogen-bond acceptors (Lipinski definition) is 5. The van der Waals surface area contributed by atoms with E-state index in [-0.39, 0.29) is 17.7 Å². The zero-order chi connectivity index (χ0) is 22.7. The van der Waals surface area contributed by atoms with Crippen LogP contribution in [0.4, 0.5) is 19.1 Å². The smallest absolute Gasteiger partial charge is 0.360 e. The van der Waals surface area contributed by atoms with Gasteiger partial charge < -0.3 is 16.0 Å². The van der Waals surface area contributed by atoms with Crippen LogP contribution >= 0.6 is 0 Å². The Morgan fingerprint density at radius 2 is 1.91 bits per heavy atom. The first-order valence-electron chi connectivity index (χ1n) is 10.3. The summed E-state index contributed by atoms with van der Waals surface area (Å²) in [4.78, 5) is 15.3. The first kappa shape index (κ1) is 21.8. The number of pyridine rings is 1. The van der Waals surface area contributed by atoms with E-state index in [9.17, 15) is 13.2 Å². The van der Waals surface area contributed by atoms with E-state index < -0.39 is 11.7 Å². The Kier molecular flexibility index (Phi) is 6.09. The molecule has 0 amide bonds. The molecular weight excluding hydrogens is 417 g/mol. The van der Waals surface area contributed by atoms with Crippen LogP contribution < -0.4 is 11.1 Å². The molecule has 0 spiro atoms. The molecule has 0 bridgehead atoms. The van der Waals surface area contributed by atoms with Crippen molar-refractivity contribution in [3.05, 3.63) is 60.7 Å². The van der Waals surface area contributed by atoms with Gasteiger partial charge in [0.25, 0.3) is 0 Å². The monoisotopic (exact) mass is 440 g/mol. The van der Waals surface area contributed by atoms with Crippen LogP contribution in [0.1, 0.15) is 25.3 Å². The lowest BCUT2D eigenvalue weighted by Crippen LogP contribution is -2.29. The predicted octanol–water partition coefficient (Wildman–Crippen LogP) is 5.25. The molecular formula is C23H23F3N6. The molecule has 3 heterocycles. The number of nitrogens with one attached hydrogen (secondary N) is 2. The highest BCUT2D eigenvalue weighted by molar-refractivity contribution is 5.97. The number of rotatable bonds is 7. The van der Waals surface area contributed by atoms with Crippen molar-refractivity contribution in [3.63, 3.8) is 0 Å². The number of nitrogens with zero attached hydrogens (tertiary/aromatic N) is 3. The lowest BCUT2D eigenvalue weighted by molar-refractivity contribution is -0.137. The summed E-state index contributed by atoms with van der Waals surface area (Å²) in [6.07, 6.45) is 2.82. The summed E-state index contributed by atoms with van der Waals surface area (Å²) in [6, 6.07) is 9.20. The van der Waals surface area contributed by atoms with Gasteiger partial charge in [-0.25, -0.2) is 9.97 Å². The second-order valence-corrected chi connectivity index (χ2v) is 7.52. The van der Waals surface area contributed by atoms with Crippen LogP contribution in [-0.2, 0) is 6.18 Å². The van der Waals surface area contributed by atoms with E-state index in [0.717, 1.165) is 30.2 Å². The minimum atomic E-state index is -4.59. The van der Waals surface area contributed by atoms with Crippen LogP contribution in [0.3, 0.4) is 0 Å². The Bertz CT molecular complexity index is 1200. The maximum absolute atomic E-state index is 13.8. The molecule has 166 valence electrons. The quantitative estimate of drug-likeness (QED) is 0.365. The van der Waals surface area contributed by atoms with Gasteiger partial charge in [-0.3, -0.25) is 4.98 Å². The van der Waals surface area contributed by atoms with Crippen LogP contribution in [0, 0.1) is 0 Å². The first-order valence-corrected chi connectivity index (χ1v) is 10.3. The molecule has 1 aromatic carbocycles. The van der Waals surface area contributed by atoms with Gasteiger partial charge in [-0.1, -0.05) is 25.5 Å². The fourth-order valence-corrected chi connectivity index (χ4v) is 3.69. The molecule has 6 nitrogen and oxygen atoms in total. The van der Waals surface area contributed by atoms with Gasteiger partial charge in [-0.05, 0) is 35.7 Å². The van der Waals surface area contributed by atoms with E-state index in [2.05, 4.69) is 25.3 Å². The van der Waals surface area contributed by atoms with Gasteiger partial charge in [0, 0.05) is 53.8 Å². The van der Waals surface area contributed by atoms with Gasteiger partial charge >= 0.3 is 6.18 Å². The largest absolute Gasteiger partial charge is 0.419 e. The number of benzene rings is 1. The average Bonchev–Trinajstić information content (AvgIpc) is 3.22. The standard InChI is InChI=1S/C23H23F3N6/c1-2-3-16(11-27)31-22-30-13-19(23(24,25)26)21(32-22)18-12-29-20-10-15(4-5-17(18)20)14-6-8-28-9-7-14/h4-10,12-13,16,29H,2-3,11,27H2,1H3,(H,30,31,32)/t16-/m0/s1. The Morgan fingerprint density at radius 3 is 2.59 bits per heavy atom. The van der Waals surface area contributed by atoms with Gasteiger partial charge in [0.05, 0.1) is 5.69 Å². The molecule has 0 unspecified atom stereocenters. The lowest BCUT2D eigenvalue weighted by Gasteiger charge is -2.18. The summed E-state index contributed by atoms with van der Waals surface area (Å²) < 4.78 is 41.3. The summed E-state index contributed by atoms with van der Waals surface area (Å²) in [7, 11) is 0. The minimum Gasteiger partial charge on any atom is -0.360 e. The molecule has 0 fully saturated rings. The highest BCUT2D eigenvalue weighted by atomic mass is 19.4. The summed E-state index contributed by atoms with van der Waals surface area (Å²) in [5, 5.41) is 3.70. The van der Waals surface area contributed by atoms with Crippen LogP contribution in [0.2, 0.25) is 0 Å². The molecule has 0 radical (unpaired) electrons. The van der Waals surface area contributed by atoms with Crippen molar-refractivity contribution in [1.82, 2.24) is 19.9 Å². The Morgan fingerprint density at radius 1 is 1.12 bits per heavy atom. The van der Waals surface area contributed by atoms with Crippen LogP contribution in [-0.4, -0.2) is 32.5 Å². The number of aromatic amines is 1. The molecule has 0 saturated heterocycles. The zero-order valence-electron chi connectivity index (χ0n) is 17.4. The topological polar surface area (TPSA) is 92.5 Å². The van der Waals surface area contributed by atoms with Crippen molar-refractivity contribution >= 4 is 16.9 Å². The number of anilines is 1. The first-order chi connectivity index (χ1) is 15.4. The number of fused-ring (bicyclic) bond motifs is 1. The van der Waals surface area contributed by atoms with Crippen molar-refractivity contribution < 1.29 is 13.2 Å². The van der Waals surface area contributed by atoms with E-state index in [1.807, 2.05) is 31.2 Å². The minimum absolute atomic E-state index is 0.115. The highest BCUT2D eigenvalue weighted by Crippen LogP contribution is 2.39. The summed E-state index contributed by atoms with van der Waals surface area (Å²) in [5.41, 5.74) is 7.67. The SMILES string of the molecule is CCC[C@@H](CN)Nc1ncc(C(F)(F)F)c(-c2c[nH]c3cc(-c4ccncc4)ccc23)n1. The van der Waals surface area contributed by atoms with E-state index in [1.165, 1.54) is 0 Å². The molecule has 0 aliphatic heterocycles. The maximum atomic E-state index is 13.8. The molecule has 9 heteroatoms. The van der Waals surface area contributed by atoms with Crippen molar-refractivity contribution in [1.29, 1.82) is 0 Å². The van der Waals surface area contributed by atoms with Gasteiger partial charge in [-0.2, -0.15) is 13.2 Å². The van der Waals surface area contributed by atoms with Gasteiger partial charge in [0.1, 0.15) is 5.56 Å². The van der Waals surface area contributed by atoms with Crippen molar-refractivity contribution in [2.75, 3.05) is 11.9 Å². The predicted molar refractivity (Wildman–Crippen MR) is 119 cm³/mol. The third-order valence-electron chi connectivity index (χ3n) is 5.30. The van der Waals surface area contributed by atoms with Crippen LogP contribution in [0.25, 0.3) is 33.3 Å². The van der Waals surface area contributed by atoms with E-state index in [1.54, 1.807) is 24.7 Å². The molecule has 0 aliphatic carbocycles. The van der Waals surface area contributed by atoms with Crippen LogP contribution in [0.15, 0.2) is 55.1 Å². The van der Waals surface area contributed by atoms with Gasteiger partial charge in [0.15, 0.2) is 0 Å². The number of nitrogens with two attached hydrogens (primary N) is 1. The molecule has 1 atom stereocenters. The molecule has 4 rings (SSSR count). The molecule has 3 aromatic heterocycles. The van der Waals surface area contributed by atoms with Crippen LogP contribution in [0.5, 0.6) is 0 Å². The third kappa shape index (κ3) is 4.43. The number of H-pyrrole nitrogens is 1. The maximum Gasteiger partial charge on any atom is 0.419 e. The highest BCUT2D eigenvalue weighted by Gasteiger charge is 2.36. The molecule has 32 heavy (non-hydrogen) atoms. The Balaban J connectivity index is 1.79. The summed E-state index contributed by atoms with van der Waals surface area (Å²) in [6.45, 7) is 2.34. The normalized spacial score (nSPS) is 12.8. The summed E-state index contributed by atoms with van der Waals surface area (Å²) >= 11 is 0. The number of aromatic nitrogens is 4. The molecule has 4 aromatic rings. The molecule has 0 aliphatic rings. The summed E-state index contributed by atoms with van der Waals surface area (Å²) in [5.74, 6) is 0.125. The van der Waals surface area contributed by atoms with E-state index in [0.29, 0.717) is 23.0 Å². The van der Waals surface area contributed by atoms with E-state index >= 15 is 0 Å². The second-order valence-electron chi connectivity index (χ2n) is 7.52. The van der Waals surface area contributed by atoms with Crippen molar-refractivity contribution in [2.45, 2.75) is 32.0 Å². The zero-order valence-corrected chi connectivity index (χ0v) is 17.4. The fraction of sp³-hybridized carbons (Fsp3) is 0.261. The molecule has 4 N–H and O–H groups in total.